The molecule has 0 fully saturated rings. The van der Waals surface area contributed by atoms with Gasteiger partial charge in [-0.05, 0) is 17.5 Å². The largest absolute Gasteiger partial charge is 0.496 e. The number of ether oxygens (including phenoxy) is 2. The minimum Gasteiger partial charge on any atom is -0.496 e. The molecule has 2 rings (SSSR count). The van der Waals surface area contributed by atoms with Crippen LogP contribution in [0.3, 0.4) is 0 Å². The van der Waals surface area contributed by atoms with Gasteiger partial charge in [-0.15, -0.1) is 0 Å². The summed E-state index contributed by atoms with van der Waals surface area (Å²) in [5.41, 5.74) is 2.00. The van der Waals surface area contributed by atoms with Gasteiger partial charge in [-0.3, -0.25) is 0 Å². The highest BCUT2D eigenvalue weighted by atomic mass is 16.5. The van der Waals surface area contributed by atoms with E-state index in [-0.39, 0.29) is 0 Å². The molecule has 2 aromatic rings. The van der Waals surface area contributed by atoms with Crippen LogP contribution in [-0.2, 0) is 0 Å². The Bertz CT molecular complexity index is 518. The van der Waals surface area contributed by atoms with E-state index in [2.05, 4.69) is 19.0 Å². The third kappa shape index (κ3) is 2.18. The summed E-state index contributed by atoms with van der Waals surface area (Å²) >= 11 is 0. The van der Waals surface area contributed by atoms with Gasteiger partial charge in [0.25, 0.3) is 0 Å². The van der Waals surface area contributed by atoms with Gasteiger partial charge >= 0.3 is 0 Å². The van der Waals surface area contributed by atoms with E-state index in [1.165, 1.54) is 0 Å². The monoisotopic (exact) mass is 247 g/mol. The number of nitrogens with zero attached hydrogens (tertiary/aromatic N) is 1. The van der Waals surface area contributed by atoms with Gasteiger partial charge in [0.1, 0.15) is 11.5 Å². The predicted molar refractivity (Wildman–Crippen MR) is 69.1 cm³/mol. The van der Waals surface area contributed by atoms with Gasteiger partial charge in [-0.2, -0.15) is 0 Å². The van der Waals surface area contributed by atoms with E-state index >= 15 is 0 Å². The zero-order chi connectivity index (χ0) is 13.1. The normalized spacial score (nSPS) is 10.7. The van der Waals surface area contributed by atoms with Crippen LogP contribution in [-0.4, -0.2) is 19.4 Å². The van der Waals surface area contributed by atoms with Gasteiger partial charge in [0.2, 0.25) is 0 Å². The van der Waals surface area contributed by atoms with Crippen molar-refractivity contribution < 1.29 is 14.0 Å². The van der Waals surface area contributed by atoms with Gasteiger partial charge in [-0.1, -0.05) is 19.0 Å². The van der Waals surface area contributed by atoms with Crippen molar-refractivity contribution in [2.45, 2.75) is 19.8 Å². The topological polar surface area (TPSA) is 44.5 Å². The van der Waals surface area contributed by atoms with Crippen LogP contribution in [0.1, 0.15) is 25.3 Å². The summed E-state index contributed by atoms with van der Waals surface area (Å²) in [4.78, 5) is 0. The molecule has 0 radical (unpaired) electrons. The van der Waals surface area contributed by atoms with E-state index in [1.54, 1.807) is 20.4 Å². The second-order valence-electron chi connectivity index (χ2n) is 4.33. The lowest BCUT2D eigenvalue weighted by Crippen LogP contribution is -1.97. The van der Waals surface area contributed by atoms with Crippen molar-refractivity contribution in [1.29, 1.82) is 0 Å². The van der Waals surface area contributed by atoms with Crippen molar-refractivity contribution >= 4 is 0 Å². The lowest BCUT2D eigenvalue weighted by Gasteiger charge is -2.15. The minimum absolute atomic E-state index is 0.354. The molecule has 0 unspecified atom stereocenters. The van der Waals surface area contributed by atoms with Gasteiger partial charge in [-0.25, -0.2) is 0 Å². The summed E-state index contributed by atoms with van der Waals surface area (Å²) in [6.45, 7) is 4.24. The fraction of sp³-hybridized carbons (Fsp3) is 0.357. The fourth-order valence-electron chi connectivity index (χ4n) is 1.92. The summed E-state index contributed by atoms with van der Waals surface area (Å²) in [5, 5.41) is 3.73. The number of hydrogen-bond donors (Lipinski definition) is 0. The van der Waals surface area contributed by atoms with Crippen LogP contribution in [0.4, 0.5) is 0 Å². The van der Waals surface area contributed by atoms with Crippen molar-refractivity contribution in [3.63, 3.8) is 0 Å². The average Bonchev–Trinajstić information content (AvgIpc) is 2.90. The molecule has 0 spiro atoms. The van der Waals surface area contributed by atoms with Crippen LogP contribution in [0, 0.1) is 0 Å². The van der Waals surface area contributed by atoms with Crippen LogP contribution in [0.25, 0.3) is 11.3 Å². The molecule has 0 aliphatic heterocycles. The molecule has 1 heterocycles. The molecule has 1 aromatic carbocycles. The minimum atomic E-state index is 0.354. The molecule has 0 bridgehead atoms. The summed E-state index contributed by atoms with van der Waals surface area (Å²) in [6.07, 6.45) is 1.62. The fourth-order valence-corrected chi connectivity index (χ4v) is 1.92. The Morgan fingerprint density at radius 2 is 1.83 bits per heavy atom. The molecule has 96 valence electrons. The SMILES string of the molecule is COc1cc(OC)c(C(C)C)cc1-c1ccno1. The van der Waals surface area contributed by atoms with E-state index in [0.717, 1.165) is 16.9 Å². The molecular formula is C14H17NO3. The molecular weight excluding hydrogens is 230 g/mol. The number of hydrogen-bond acceptors (Lipinski definition) is 4. The highest BCUT2D eigenvalue weighted by Crippen LogP contribution is 2.38. The maximum atomic E-state index is 5.40. The molecule has 0 amide bonds. The quantitative estimate of drug-likeness (QED) is 0.829. The molecule has 18 heavy (non-hydrogen) atoms. The smallest absolute Gasteiger partial charge is 0.170 e. The zero-order valence-corrected chi connectivity index (χ0v) is 11.1. The number of benzene rings is 1. The summed E-state index contributed by atoms with van der Waals surface area (Å²) < 4.78 is 16.0. The lowest BCUT2D eigenvalue weighted by atomic mass is 9.98. The zero-order valence-electron chi connectivity index (χ0n) is 11.1. The van der Waals surface area contributed by atoms with Crippen molar-refractivity contribution in [3.8, 4) is 22.8 Å². The van der Waals surface area contributed by atoms with Crippen molar-refractivity contribution in [2.24, 2.45) is 0 Å². The molecule has 1 aromatic heterocycles. The number of methoxy groups -OCH3 is 2. The summed E-state index contributed by atoms with van der Waals surface area (Å²) in [6, 6.07) is 5.73. The first-order valence-electron chi connectivity index (χ1n) is 5.84. The van der Waals surface area contributed by atoms with Crippen LogP contribution in [0.2, 0.25) is 0 Å². The van der Waals surface area contributed by atoms with E-state index < -0.39 is 0 Å². The molecule has 4 nitrogen and oxygen atoms in total. The molecule has 4 heteroatoms. The third-order valence-electron chi connectivity index (χ3n) is 2.88. The van der Waals surface area contributed by atoms with E-state index in [0.29, 0.717) is 17.4 Å². The van der Waals surface area contributed by atoms with Crippen LogP contribution in [0.5, 0.6) is 11.5 Å². The highest BCUT2D eigenvalue weighted by molar-refractivity contribution is 5.69. The Morgan fingerprint density at radius 1 is 1.11 bits per heavy atom. The molecule has 0 N–H and O–H groups in total. The van der Waals surface area contributed by atoms with Crippen molar-refractivity contribution in [2.75, 3.05) is 14.2 Å². The standard InChI is InChI=1S/C14H17NO3/c1-9(2)10-7-11(12-5-6-15-18-12)14(17-4)8-13(10)16-3/h5-9H,1-4H3. The van der Waals surface area contributed by atoms with Gasteiger partial charge in [0.15, 0.2) is 5.76 Å². The average molecular weight is 247 g/mol. The maximum absolute atomic E-state index is 5.40. The van der Waals surface area contributed by atoms with E-state index in [4.69, 9.17) is 14.0 Å². The second kappa shape index (κ2) is 5.12. The Labute approximate surface area is 107 Å². The van der Waals surface area contributed by atoms with Crippen LogP contribution >= 0.6 is 0 Å². The number of rotatable bonds is 4. The van der Waals surface area contributed by atoms with Crippen LogP contribution in [0.15, 0.2) is 28.9 Å². The maximum Gasteiger partial charge on any atom is 0.170 e. The molecule has 0 saturated carbocycles. The first-order valence-corrected chi connectivity index (χ1v) is 5.84. The Balaban J connectivity index is 2.61. The lowest BCUT2D eigenvalue weighted by molar-refractivity contribution is 0.387. The third-order valence-corrected chi connectivity index (χ3v) is 2.88. The molecule has 0 saturated heterocycles. The first kappa shape index (κ1) is 12.5. The predicted octanol–water partition coefficient (Wildman–Crippen LogP) is 3.48. The molecule has 0 atom stereocenters. The first-order chi connectivity index (χ1) is 8.67. The second-order valence-corrected chi connectivity index (χ2v) is 4.33. The van der Waals surface area contributed by atoms with Gasteiger partial charge < -0.3 is 14.0 Å². The molecule has 0 aliphatic rings. The van der Waals surface area contributed by atoms with E-state index in [1.807, 2.05) is 18.2 Å². The Kier molecular flexibility index (Phi) is 3.55. The summed E-state index contributed by atoms with van der Waals surface area (Å²) in [5.74, 6) is 2.59. The molecule has 0 aliphatic carbocycles. The van der Waals surface area contributed by atoms with Crippen LogP contribution < -0.4 is 9.47 Å². The van der Waals surface area contributed by atoms with Gasteiger partial charge in [0.05, 0.1) is 26.0 Å². The van der Waals surface area contributed by atoms with Crippen molar-refractivity contribution in [1.82, 2.24) is 5.16 Å². The van der Waals surface area contributed by atoms with Gasteiger partial charge in [0, 0.05) is 12.1 Å². The highest BCUT2D eigenvalue weighted by Gasteiger charge is 2.16. The summed E-state index contributed by atoms with van der Waals surface area (Å²) in [7, 11) is 3.29. The Hall–Kier alpha value is -1.97. The van der Waals surface area contributed by atoms with Crippen molar-refractivity contribution in [3.05, 3.63) is 30.0 Å². The number of aromatic nitrogens is 1. The van der Waals surface area contributed by atoms with E-state index in [9.17, 15) is 0 Å². The Morgan fingerprint density at radius 3 is 2.33 bits per heavy atom.